The van der Waals surface area contributed by atoms with Gasteiger partial charge < -0.3 is 5.32 Å². The fraction of sp³-hybridized carbons (Fsp3) is 0.0625. The Kier molecular flexibility index (Phi) is 3.58. The number of alkyl halides is 3. The SMILES string of the molecule is N#Cc1cccc(Nc2nc(C(F)(F)F)nc3ccccc23)c1. The molecule has 1 aromatic heterocycles. The number of aromatic nitrogens is 2. The van der Waals surface area contributed by atoms with Gasteiger partial charge in [-0.2, -0.15) is 18.4 Å². The van der Waals surface area contributed by atoms with Crippen LogP contribution in [-0.2, 0) is 6.18 Å². The Morgan fingerprint density at radius 1 is 1.00 bits per heavy atom. The zero-order chi connectivity index (χ0) is 16.4. The second-order valence-electron chi connectivity index (χ2n) is 4.73. The Morgan fingerprint density at radius 2 is 1.78 bits per heavy atom. The van der Waals surface area contributed by atoms with E-state index in [0.717, 1.165) is 0 Å². The lowest BCUT2D eigenvalue weighted by atomic mass is 10.2. The summed E-state index contributed by atoms with van der Waals surface area (Å²) in [5, 5.41) is 12.2. The van der Waals surface area contributed by atoms with Gasteiger partial charge in [0, 0.05) is 11.1 Å². The number of nitrogens with zero attached hydrogens (tertiary/aromatic N) is 3. The van der Waals surface area contributed by atoms with Crippen LogP contribution in [0.1, 0.15) is 11.4 Å². The maximum atomic E-state index is 13.0. The van der Waals surface area contributed by atoms with Crippen LogP contribution in [0.25, 0.3) is 10.9 Å². The quantitative estimate of drug-likeness (QED) is 0.767. The number of benzene rings is 2. The summed E-state index contributed by atoms with van der Waals surface area (Å²) in [7, 11) is 0. The van der Waals surface area contributed by atoms with Gasteiger partial charge in [0.05, 0.1) is 17.1 Å². The van der Waals surface area contributed by atoms with Crippen molar-refractivity contribution in [3.8, 4) is 6.07 Å². The van der Waals surface area contributed by atoms with Crippen molar-refractivity contribution in [1.29, 1.82) is 5.26 Å². The summed E-state index contributed by atoms with van der Waals surface area (Å²) in [6, 6.07) is 14.8. The van der Waals surface area contributed by atoms with E-state index in [9.17, 15) is 13.2 Å². The second-order valence-corrected chi connectivity index (χ2v) is 4.73. The van der Waals surface area contributed by atoms with Gasteiger partial charge in [0.25, 0.3) is 0 Å². The number of hydrogen-bond donors (Lipinski definition) is 1. The van der Waals surface area contributed by atoms with E-state index in [-0.39, 0.29) is 11.3 Å². The molecule has 0 bridgehead atoms. The fourth-order valence-corrected chi connectivity index (χ4v) is 2.10. The van der Waals surface area contributed by atoms with Crippen molar-refractivity contribution in [2.75, 3.05) is 5.32 Å². The van der Waals surface area contributed by atoms with Gasteiger partial charge in [-0.25, -0.2) is 9.97 Å². The van der Waals surface area contributed by atoms with Crippen molar-refractivity contribution in [3.63, 3.8) is 0 Å². The topological polar surface area (TPSA) is 61.6 Å². The Hall–Kier alpha value is -3.14. The molecule has 0 aliphatic heterocycles. The largest absolute Gasteiger partial charge is 0.451 e. The molecule has 0 saturated carbocycles. The van der Waals surface area contributed by atoms with Gasteiger partial charge in [-0.05, 0) is 30.3 Å². The monoisotopic (exact) mass is 314 g/mol. The van der Waals surface area contributed by atoms with Gasteiger partial charge >= 0.3 is 6.18 Å². The lowest BCUT2D eigenvalue weighted by Crippen LogP contribution is -2.12. The predicted octanol–water partition coefficient (Wildman–Crippen LogP) is 4.26. The highest BCUT2D eigenvalue weighted by atomic mass is 19.4. The van der Waals surface area contributed by atoms with Gasteiger partial charge in [0.15, 0.2) is 0 Å². The molecule has 1 N–H and O–H groups in total. The molecule has 0 amide bonds. The van der Waals surface area contributed by atoms with Crippen LogP contribution in [-0.4, -0.2) is 9.97 Å². The third-order valence-electron chi connectivity index (χ3n) is 3.11. The summed E-state index contributed by atoms with van der Waals surface area (Å²) in [4.78, 5) is 7.15. The van der Waals surface area contributed by atoms with Crippen molar-refractivity contribution < 1.29 is 13.2 Å². The van der Waals surface area contributed by atoms with Crippen molar-refractivity contribution in [3.05, 3.63) is 59.9 Å². The minimum atomic E-state index is -4.64. The van der Waals surface area contributed by atoms with E-state index in [4.69, 9.17) is 5.26 Å². The van der Waals surface area contributed by atoms with E-state index in [0.29, 0.717) is 16.6 Å². The first kappa shape index (κ1) is 14.8. The third-order valence-corrected chi connectivity index (χ3v) is 3.11. The first-order chi connectivity index (χ1) is 11.0. The molecule has 114 valence electrons. The molecule has 0 unspecified atom stereocenters. The maximum Gasteiger partial charge on any atom is 0.451 e. The van der Waals surface area contributed by atoms with E-state index < -0.39 is 12.0 Å². The minimum absolute atomic E-state index is 0.0398. The molecule has 1 heterocycles. The summed E-state index contributed by atoms with van der Waals surface area (Å²) in [5.41, 5.74) is 1.05. The molecule has 0 spiro atoms. The van der Waals surface area contributed by atoms with Crippen LogP contribution in [0, 0.1) is 11.3 Å². The standard InChI is InChI=1S/C16H9F3N4/c17-16(18,19)15-22-13-7-2-1-6-12(13)14(23-15)21-11-5-3-4-10(8-11)9-20/h1-8H,(H,21,22,23). The summed E-state index contributed by atoms with van der Waals surface area (Å²) < 4.78 is 38.9. The van der Waals surface area contributed by atoms with E-state index in [1.54, 1.807) is 36.4 Å². The Balaban J connectivity index is 2.13. The summed E-state index contributed by atoms with van der Waals surface area (Å²) in [6.07, 6.45) is -4.64. The average Bonchev–Trinajstić information content (AvgIpc) is 2.54. The number of para-hydroxylation sites is 1. The number of anilines is 2. The zero-order valence-electron chi connectivity index (χ0n) is 11.6. The van der Waals surface area contributed by atoms with E-state index >= 15 is 0 Å². The number of nitriles is 1. The van der Waals surface area contributed by atoms with Gasteiger partial charge in [0.1, 0.15) is 5.82 Å². The fourth-order valence-electron chi connectivity index (χ4n) is 2.10. The van der Waals surface area contributed by atoms with E-state index in [1.807, 2.05) is 6.07 Å². The summed E-state index contributed by atoms with van der Waals surface area (Å²) in [5.74, 6) is -1.17. The van der Waals surface area contributed by atoms with Gasteiger partial charge in [0.2, 0.25) is 5.82 Å². The lowest BCUT2D eigenvalue weighted by Gasteiger charge is -2.12. The van der Waals surface area contributed by atoms with Crippen LogP contribution < -0.4 is 5.32 Å². The van der Waals surface area contributed by atoms with Crippen LogP contribution in [0.15, 0.2) is 48.5 Å². The number of rotatable bonds is 2. The molecule has 0 radical (unpaired) electrons. The van der Waals surface area contributed by atoms with Crippen LogP contribution >= 0.6 is 0 Å². The van der Waals surface area contributed by atoms with Crippen molar-refractivity contribution in [1.82, 2.24) is 9.97 Å². The summed E-state index contributed by atoms with van der Waals surface area (Å²) in [6.45, 7) is 0. The van der Waals surface area contributed by atoms with Crippen LogP contribution in [0.4, 0.5) is 24.7 Å². The molecular formula is C16H9F3N4. The highest BCUT2D eigenvalue weighted by molar-refractivity contribution is 5.90. The van der Waals surface area contributed by atoms with Crippen molar-refractivity contribution in [2.24, 2.45) is 0 Å². The number of hydrogen-bond acceptors (Lipinski definition) is 4. The first-order valence-corrected chi connectivity index (χ1v) is 6.58. The molecule has 0 atom stereocenters. The molecule has 0 saturated heterocycles. The zero-order valence-corrected chi connectivity index (χ0v) is 11.6. The van der Waals surface area contributed by atoms with E-state index in [1.165, 1.54) is 12.1 Å². The molecule has 0 aliphatic carbocycles. The molecule has 23 heavy (non-hydrogen) atoms. The Bertz CT molecular complexity index is 913. The molecule has 0 fully saturated rings. The minimum Gasteiger partial charge on any atom is -0.340 e. The molecular weight excluding hydrogens is 305 g/mol. The lowest BCUT2D eigenvalue weighted by molar-refractivity contribution is -0.144. The molecule has 7 heteroatoms. The Labute approximate surface area is 129 Å². The van der Waals surface area contributed by atoms with Gasteiger partial charge in [-0.1, -0.05) is 18.2 Å². The molecule has 2 aromatic carbocycles. The maximum absolute atomic E-state index is 13.0. The average molecular weight is 314 g/mol. The van der Waals surface area contributed by atoms with Crippen LogP contribution in [0.3, 0.4) is 0 Å². The number of halogens is 3. The molecule has 3 aromatic rings. The van der Waals surface area contributed by atoms with Crippen molar-refractivity contribution in [2.45, 2.75) is 6.18 Å². The first-order valence-electron chi connectivity index (χ1n) is 6.58. The van der Waals surface area contributed by atoms with Crippen molar-refractivity contribution >= 4 is 22.4 Å². The predicted molar refractivity (Wildman–Crippen MR) is 79.0 cm³/mol. The van der Waals surface area contributed by atoms with E-state index in [2.05, 4.69) is 15.3 Å². The van der Waals surface area contributed by atoms with Gasteiger partial charge in [-0.3, -0.25) is 0 Å². The molecule has 4 nitrogen and oxygen atoms in total. The Morgan fingerprint density at radius 3 is 2.52 bits per heavy atom. The van der Waals surface area contributed by atoms with Crippen LogP contribution in [0.5, 0.6) is 0 Å². The molecule has 0 aliphatic rings. The third kappa shape index (κ3) is 3.06. The van der Waals surface area contributed by atoms with Crippen LogP contribution in [0.2, 0.25) is 0 Å². The second kappa shape index (κ2) is 5.57. The highest BCUT2D eigenvalue weighted by Crippen LogP contribution is 2.31. The summed E-state index contributed by atoms with van der Waals surface area (Å²) >= 11 is 0. The normalized spacial score (nSPS) is 11.2. The number of fused-ring (bicyclic) bond motifs is 1. The molecule has 3 rings (SSSR count). The smallest absolute Gasteiger partial charge is 0.340 e. The number of nitrogens with one attached hydrogen (secondary N) is 1. The van der Waals surface area contributed by atoms with Gasteiger partial charge in [-0.15, -0.1) is 0 Å². The highest BCUT2D eigenvalue weighted by Gasteiger charge is 2.35.